The highest BCUT2D eigenvalue weighted by atomic mass is 16.2. The molecular formula is C20H19NO. The fourth-order valence-electron chi connectivity index (χ4n) is 2.69. The van der Waals surface area contributed by atoms with Crippen LogP contribution < -0.4 is 0 Å². The molecule has 2 heteroatoms. The van der Waals surface area contributed by atoms with E-state index in [2.05, 4.69) is 43.8 Å². The van der Waals surface area contributed by atoms with Gasteiger partial charge in [-0.1, -0.05) is 56.0 Å². The molecule has 0 atom stereocenters. The van der Waals surface area contributed by atoms with Crippen LogP contribution in [0.2, 0.25) is 0 Å². The van der Waals surface area contributed by atoms with E-state index in [1.54, 1.807) is 11.5 Å². The number of benzene rings is 2. The topological polar surface area (TPSA) is 22.0 Å². The lowest BCUT2D eigenvalue weighted by molar-refractivity contribution is 0.0962. The average Bonchev–Trinajstić information content (AvgIpc) is 2.93. The molecule has 22 heavy (non-hydrogen) atoms. The van der Waals surface area contributed by atoms with Crippen molar-refractivity contribution in [2.24, 2.45) is 0 Å². The fraction of sp³-hybridized carbons (Fsp3) is 0.150. The number of aryl methyl sites for hydroxylation is 1. The molecule has 0 radical (unpaired) electrons. The van der Waals surface area contributed by atoms with Gasteiger partial charge in [-0.25, -0.2) is 0 Å². The highest BCUT2D eigenvalue weighted by Gasteiger charge is 2.16. The summed E-state index contributed by atoms with van der Waals surface area (Å²) in [4.78, 5) is 12.6. The van der Waals surface area contributed by atoms with Crippen molar-refractivity contribution in [2.45, 2.75) is 20.3 Å². The minimum atomic E-state index is -0.0595. The van der Waals surface area contributed by atoms with Crippen LogP contribution in [-0.2, 0) is 6.42 Å². The van der Waals surface area contributed by atoms with Crippen molar-refractivity contribution in [1.82, 2.24) is 4.57 Å². The number of hydrogen-bond donors (Lipinski definition) is 0. The number of rotatable bonds is 3. The van der Waals surface area contributed by atoms with Gasteiger partial charge in [0.25, 0.3) is 5.91 Å². The van der Waals surface area contributed by atoms with Crippen LogP contribution >= 0.6 is 0 Å². The average molecular weight is 289 g/mol. The lowest BCUT2D eigenvalue weighted by atomic mass is 10.1. The third-order valence-corrected chi connectivity index (χ3v) is 3.94. The van der Waals surface area contributed by atoms with Crippen molar-refractivity contribution in [3.63, 3.8) is 0 Å². The second kappa shape index (κ2) is 5.64. The normalized spacial score (nSPS) is 10.8. The summed E-state index contributed by atoms with van der Waals surface area (Å²) in [6.45, 7) is 7.70. The predicted octanol–water partition coefficient (Wildman–Crippen LogP) is 5.09. The van der Waals surface area contributed by atoms with Gasteiger partial charge in [-0.15, -0.1) is 0 Å². The molecule has 0 aliphatic heterocycles. The van der Waals surface area contributed by atoms with Gasteiger partial charge in [0, 0.05) is 11.0 Å². The van der Waals surface area contributed by atoms with Crippen molar-refractivity contribution >= 4 is 16.8 Å². The Morgan fingerprint density at radius 1 is 1.09 bits per heavy atom. The molecule has 0 saturated carbocycles. The summed E-state index contributed by atoms with van der Waals surface area (Å²) >= 11 is 0. The predicted molar refractivity (Wildman–Crippen MR) is 92.2 cm³/mol. The summed E-state index contributed by atoms with van der Waals surface area (Å²) in [6, 6.07) is 18.4. The Morgan fingerprint density at radius 3 is 2.41 bits per heavy atom. The molecule has 0 fully saturated rings. The molecule has 0 bridgehead atoms. The van der Waals surface area contributed by atoms with Crippen molar-refractivity contribution < 1.29 is 4.79 Å². The van der Waals surface area contributed by atoms with Crippen molar-refractivity contribution in [1.29, 1.82) is 0 Å². The van der Waals surface area contributed by atoms with Crippen molar-refractivity contribution in [3.8, 4) is 11.3 Å². The number of aromatic nitrogens is 1. The zero-order chi connectivity index (χ0) is 15.7. The van der Waals surface area contributed by atoms with Gasteiger partial charge in [0.15, 0.2) is 0 Å². The van der Waals surface area contributed by atoms with Crippen molar-refractivity contribution in [3.05, 3.63) is 72.3 Å². The zero-order valence-electron chi connectivity index (χ0n) is 13.0. The molecule has 0 N–H and O–H groups in total. The third-order valence-electron chi connectivity index (χ3n) is 3.94. The van der Waals surface area contributed by atoms with Gasteiger partial charge < -0.3 is 0 Å². The van der Waals surface area contributed by atoms with Crippen LogP contribution in [0.3, 0.4) is 0 Å². The number of fused-ring (bicyclic) bond motifs is 1. The number of nitrogens with zero attached hydrogens (tertiary/aromatic N) is 1. The van der Waals surface area contributed by atoms with E-state index < -0.39 is 0 Å². The third kappa shape index (κ3) is 2.37. The quantitative estimate of drug-likeness (QED) is 0.616. The number of hydrogen-bond acceptors (Lipinski definition) is 1. The van der Waals surface area contributed by atoms with Crippen LogP contribution in [-0.4, -0.2) is 10.5 Å². The molecule has 3 rings (SSSR count). The number of para-hydroxylation sites is 1. The van der Waals surface area contributed by atoms with Crippen LogP contribution in [0.1, 0.15) is 24.2 Å². The van der Waals surface area contributed by atoms with Gasteiger partial charge in [-0.2, -0.15) is 0 Å². The van der Waals surface area contributed by atoms with Gasteiger partial charge in [-0.3, -0.25) is 9.36 Å². The van der Waals surface area contributed by atoms with E-state index in [0.717, 1.165) is 28.6 Å². The second-order valence-corrected chi connectivity index (χ2v) is 5.56. The molecule has 0 unspecified atom stereocenters. The van der Waals surface area contributed by atoms with E-state index >= 15 is 0 Å². The van der Waals surface area contributed by atoms with Crippen molar-refractivity contribution in [2.75, 3.05) is 0 Å². The first-order chi connectivity index (χ1) is 10.6. The molecule has 2 nitrogen and oxygen atoms in total. The first-order valence-electron chi connectivity index (χ1n) is 7.52. The molecule has 110 valence electrons. The maximum atomic E-state index is 12.6. The van der Waals surface area contributed by atoms with Crippen LogP contribution in [0.15, 0.2) is 66.7 Å². The summed E-state index contributed by atoms with van der Waals surface area (Å²) in [5.41, 5.74) is 4.70. The van der Waals surface area contributed by atoms with E-state index in [1.807, 2.05) is 24.3 Å². The molecule has 1 aromatic heterocycles. The van der Waals surface area contributed by atoms with Crippen LogP contribution in [0.25, 0.3) is 22.2 Å². The molecule has 0 spiro atoms. The molecule has 0 amide bonds. The van der Waals surface area contributed by atoms with E-state index in [-0.39, 0.29) is 5.91 Å². The zero-order valence-corrected chi connectivity index (χ0v) is 13.0. The van der Waals surface area contributed by atoms with Gasteiger partial charge in [0.05, 0.1) is 11.2 Å². The maximum Gasteiger partial charge on any atom is 0.257 e. The first-order valence-corrected chi connectivity index (χ1v) is 7.52. The van der Waals surface area contributed by atoms with E-state index in [1.165, 1.54) is 5.56 Å². The summed E-state index contributed by atoms with van der Waals surface area (Å²) in [7, 11) is 0. The number of allylic oxidation sites excluding steroid dienone is 1. The SMILES string of the molecule is C=C(C)C(=O)n1c(-c2ccc(CC)cc2)cc2ccccc21. The fourth-order valence-corrected chi connectivity index (χ4v) is 2.69. The Bertz CT molecular complexity index is 853. The van der Waals surface area contributed by atoms with E-state index in [9.17, 15) is 4.79 Å². The highest BCUT2D eigenvalue weighted by molar-refractivity contribution is 6.05. The van der Waals surface area contributed by atoms with Crippen LogP contribution in [0.4, 0.5) is 0 Å². The monoisotopic (exact) mass is 289 g/mol. The molecule has 0 saturated heterocycles. The van der Waals surface area contributed by atoms with Crippen LogP contribution in [0.5, 0.6) is 0 Å². The standard InChI is InChI=1S/C20H19NO/c1-4-15-9-11-16(12-10-15)19-13-17-7-5-6-8-18(17)21(19)20(22)14(2)3/h5-13H,2,4H2,1,3H3. The second-order valence-electron chi connectivity index (χ2n) is 5.56. The summed E-state index contributed by atoms with van der Waals surface area (Å²) < 4.78 is 1.76. The minimum absolute atomic E-state index is 0.0595. The Balaban J connectivity index is 2.25. The van der Waals surface area contributed by atoms with Gasteiger partial charge in [0.1, 0.15) is 0 Å². The number of carbonyl (C=O) groups excluding carboxylic acids is 1. The highest BCUT2D eigenvalue weighted by Crippen LogP contribution is 2.29. The molecule has 0 aliphatic carbocycles. The molecule has 3 aromatic rings. The maximum absolute atomic E-state index is 12.6. The molecule has 0 aliphatic rings. The summed E-state index contributed by atoms with van der Waals surface area (Å²) in [5, 5.41) is 1.06. The molecule has 2 aromatic carbocycles. The van der Waals surface area contributed by atoms with Gasteiger partial charge >= 0.3 is 0 Å². The largest absolute Gasteiger partial charge is 0.276 e. The first kappa shape index (κ1) is 14.3. The van der Waals surface area contributed by atoms with E-state index in [4.69, 9.17) is 0 Å². The minimum Gasteiger partial charge on any atom is -0.276 e. The Kier molecular flexibility index (Phi) is 3.68. The molecular weight excluding hydrogens is 270 g/mol. The Hall–Kier alpha value is -2.61. The summed E-state index contributed by atoms with van der Waals surface area (Å²) in [5.74, 6) is -0.0595. The summed E-state index contributed by atoms with van der Waals surface area (Å²) in [6.07, 6.45) is 1.01. The smallest absolute Gasteiger partial charge is 0.257 e. The van der Waals surface area contributed by atoms with Gasteiger partial charge in [0.2, 0.25) is 0 Å². The van der Waals surface area contributed by atoms with E-state index in [0.29, 0.717) is 5.57 Å². The van der Waals surface area contributed by atoms with Gasteiger partial charge in [-0.05, 0) is 36.6 Å². The Labute approximate surface area is 130 Å². The lowest BCUT2D eigenvalue weighted by Gasteiger charge is -2.10. The van der Waals surface area contributed by atoms with Crippen LogP contribution in [0, 0.1) is 0 Å². The Morgan fingerprint density at radius 2 is 1.77 bits per heavy atom. The number of carbonyl (C=O) groups is 1. The lowest BCUT2D eigenvalue weighted by Crippen LogP contribution is -2.12. The molecule has 1 heterocycles.